The highest BCUT2D eigenvalue weighted by molar-refractivity contribution is 5.89. The van der Waals surface area contributed by atoms with Crippen LogP contribution in [0.4, 0.5) is 10.1 Å². The Kier molecular flexibility index (Phi) is 4.83. The summed E-state index contributed by atoms with van der Waals surface area (Å²) in [6.45, 7) is 0.436. The number of carboxylic acids is 1. The van der Waals surface area contributed by atoms with E-state index in [2.05, 4.69) is 5.32 Å². The molecule has 22 heavy (non-hydrogen) atoms. The molecule has 2 rings (SSSR count). The van der Waals surface area contributed by atoms with Crippen molar-refractivity contribution in [2.45, 2.75) is 6.54 Å². The minimum atomic E-state index is -1.30. The van der Waals surface area contributed by atoms with E-state index in [1.807, 2.05) is 12.1 Å². The molecule has 0 radical (unpaired) electrons. The van der Waals surface area contributed by atoms with Crippen molar-refractivity contribution in [1.29, 1.82) is 0 Å². The normalized spacial score (nSPS) is 10.1. The van der Waals surface area contributed by atoms with Crippen molar-refractivity contribution in [1.82, 2.24) is 0 Å². The van der Waals surface area contributed by atoms with Crippen LogP contribution in [-0.4, -0.2) is 25.3 Å². The van der Waals surface area contributed by atoms with Crippen molar-refractivity contribution < 1.29 is 23.8 Å². The maximum Gasteiger partial charge on any atom is 0.338 e. The summed E-state index contributed by atoms with van der Waals surface area (Å²) in [7, 11) is 3.11. The summed E-state index contributed by atoms with van der Waals surface area (Å²) in [6, 6.07) is 9.33. The molecule has 0 saturated carbocycles. The van der Waals surface area contributed by atoms with Crippen LogP contribution in [0.2, 0.25) is 0 Å². The number of aromatic carboxylic acids is 1. The Labute approximate surface area is 127 Å². The van der Waals surface area contributed by atoms with Crippen molar-refractivity contribution in [2.75, 3.05) is 19.5 Å². The van der Waals surface area contributed by atoms with Crippen molar-refractivity contribution >= 4 is 11.7 Å². The molecule has 0 spiro atoms. The van der Waals surface area contributed by atoms with E-state index >= 15 is 0 Å². The number of benzene rings is 2. The smallest absolute Gasteiger partial charge is 0.338 e. The van der Waals surface area contributed by atoms with Gasteiger partial charge < -0.3 is 19.9 Å². The first-order chi connectivity index (χ1) is 10.5. The summed E-state index contributed by atoms with van der Waals surface area (Å²) in [6.07, 6.45) is 0. The molecule has 0 fully saturated rings. The lowest BCUT2D eigenvalue weighted by Gasteiger charge is -2.11. The summed E-state index contributed by atoms with van der Waals surface area (Å²) in [5.41, 5.74) is 1.07. The van der Waals surface area contributed by atoms with E-state index in [-0.39, 0.29) is 5.56 Å². The zero-order valence-electron chi connectivity index (χ0n) is 12.2. The first-order valence-corrected chi connectivity index (χ1v) is 6.52. The fourth-order valence-electron chi connectivity index (χ4n) is 1.99. The van der Waals surface area contributed by atoms with Crippen molar-refractivity contribution in [3.8, 4) is 11.5 Å². The number of hydrogen-bond acceptors (Lipinski definition) is 4. The third-order valence-corrected chi connectivity index (χ3v) is 3.14. The van der Waals surface area contributed by atoms with Crippen molar-refractivity contribution in [3.05, 3.63) is 53.3 Å². The molecule has 0 heterocycles. The van der Waals surface area contributed by atoms with Gasteiger partial charge in [-0.25, -0.2) is 9.18 Å². The predicted octanol–water partition coefficient (Wildman–Crippen LogP) is 3.15. The topological polar surface area (TPSA) is 67.8 Å². The van der Waals surface area contributed by atoms with Crippen LogP contribution in [0.25, 0.3) is 0 Å². The Bertz CT molecular complexity index is 688. The van der Waals surface area contributed by atoms with Crippen LogP contribution in [0.1, 0.15) is 15.9 Å². The zero-order chi connectivity index (χ0) is 16.1. The van der Waals surface area contributed by atoms with Gasteiger partial charge in [-0.2, -0.15) is 0 Å². The van der Waals surface area contributed by atoms with Crippen LogP contribution in [0.3, 0.4) is 0 Å². The van der Waals surface area contributed by atoms with Crippen LogP contribution in [0, 0.1) is 5.82 Å². The number of hydrogen-bond donors (Lipinski definition) is 2. The first-order valence-electron chi connectivity index (χ1n) is 6.52. The lowest BCUT2D eigenvalue weighted by molar-refractivity contribution is 0.0692. The van der Waals surface area contributed by atoms with Crippen LogP contribution < -0.4 is 14.8 Å². The number of halogens is 1. The number of nitrogens with one attached hydrogen (secondary N) is 1. The molecule has 0 aliphatic carbocycles. The quantitative estimate of drug-likeness (QED) is 0.858. The Hall–Kier alpha value is -2.76. The summed E-state index contributed by atoms with van der Waals surface area (Å²) < 4.78 is 23.7. The molecule has 2 aromatic carbocycles. The van der Waals surface area contributed by atoms with E-state index in [1.165, 1.54) is 12.1 Å². The van der Waals surface area contributed by atoms with Gasteiger partial charge >= 0.3 is 5.97 Å². The molecular formula is C16H16FNO4. The molecule has 5 nitrogen and oxygen atoms in total. The van der Waals surface area contributed by atoms with Crippen molar-refractivity contribution in [3.63, 3.8) is 0 Å². The summed E-state index contributed by atoms with van der Waals surface area (Å²) in [5.74, 6) is -0.829. The maximum absolute atomic E-state index is 13.3. The number of ether oxygens (including phenoxy) is 2. The minimum absolute atomic E-state index is 0.364. The van der Waals surface area contributed by atoms with E-state index in [1.54, 1.807) is 20.3 Å². The highest BCUT2D eigenvalue weighted by Crippen LogP contribution is 2.28. The van der Waals surface area contributed by atoms with Gasteiger partial charge in [0, 0.05) is 12.2 Å². The molecule has 0 aromatic heterocycles. The van der Waals surface area contributed by atoms with Crippen LogP contribution >= 0.6 is 0 Å². The van der Waals surface area contributed by atoms with Gasteiger partial charge in [-0.3, -0.25) is 0 Å². The largest absolute Gasteiger partial charge is 0.493 e. The van der Waals surface area contributed by atoms with Crippen LogP contribution in [-0.2, 0) is 6.54 Å². The Morgan fingerprint density at radius 2 is 1.86 bits per heavy atom. The number of anilines is 1. The van der Waals surface area contributed by atoms with E-state index in [0.29, 0.717) is 23.7 Å². The zero-order valence-corrected chi connectivity index (χ0v) is 12.2. The number of rotatable bonds is 6. The average molecular weight is 305 g/mol. The molecule has 0 aliphatic heterocycles. The van der Waals surface area contributed by atoms with Gasteiger partial charge in [0.1, 0.15) is 5.82 Å². The monoisotopic (exact) mass is 305 g/mol. The molecule has 0 unspecified atom stereocenters. The molecule has 2 N–H and O–H groups in total. The molecule has 0 amide bonds. The standard InChI is InChI=1S/C16H16FNO4/c1-21-14-6-3-10(7-15(14)22-2)9-18-11-4-5-13(17)12(8-11)16(19)20/h3-8,18H,9H2,1-2H3,(H,19,20). The average Bonchev–Trinajstić information content (AvgIpc) is 2.53. The third kappa shape index (κ3) is 3.46. The van der Waals surface area contributed by atoms with Crippen molar-refractivity contribution in [2.24, 2.45) is 0 Å². The lowest BCUT2D eigenvalue weighted by atomic mass is 10.1. The third-order valence-electron chi connectivity index (χ3n) is 3.14. The minimum Gasteiger partial charge on any atom is -0.493 e. The fourth-order valence-corrected chi connectivity index (χ4v) is 1.99. The molecule has 2 aromatic rings. The molecule has 6 heteroatoms. The SMILES string of the molecule is COc1ccc(CNc2ccc(F)c(C(=O)O)c2)cc1OC. The van der Waals surface area contributed by atoms with Gasteiger partial charge in [-0.05, 0) is 35.9 Å². The summed E-state index contributed by atoms with van der Waals surface area (Å²) in [4.78, 5) is 10.9. The Morgan fingerprint density at radius 3 is 2.50 bits per heavy atom. The van der Waals surface area contributed by atoms with Gasteiger partial charge in [0.15, 0.2) is 11.5 Å². The second-order valence-corrected chi connectivity index (χ2v) is 4.54. The summed E-state index contributed by atoms with van der Waals surface area (Å²) in [5, 5.41) is 11.9. The van der Waals surface area contributed by atoms with Gasteiger partial charge in [-0.15, -0.1) is 0 Å². The second kappa shape index (κ2) is 6.80. The number of carbonyl (C=O) groups is 1. The predicted molar refractivity (Wildman–Crippen MR) is 80.2 cm³/mol. The van der Waals surface area contributed by atoms with E-state index in [9.17, 15) is 9.18 Å². The Morgan fingerprint density at radius 1 is 1.14 bits per heavy atom. The van der Waals surface area contributed by atoms with E-state index < -0.39 is 11.8 Å². The molecule has 0 bridgehead atoms. The second-order valence-electron chi connectivity index (χ2n) is 4.54. The van der Waals surface area contributed by atoms with Crippen LogP contribution in [0.5, 0.6) is 11.5 Å². The first kappa shape index (κ1) is 15.6. The molecule has 0 aliphatic rings. The molecule has 116 valence electrons. The molecule has 0 saturated heterocycles. The highest BCUT2D eigenvalue weighted by atomic mass is 19.1. The number of carboxylic acid groups (broad SMARTS) is 1. The Balaban J connectivity index is 2.13. The maximum atomic E-state index is 13.3. The van der Waals surface area contributed by atoms with E-state index in [4.69, 9.17) is 14.6 Å². The van der Waals surface area contributed by atoms with Gasteiger partial charge in [-0.1, -0.05) is 6.07 Å². The van der Waals surface area contributed by atoms with Crippen LogP contribution in [0.15, 0.2) is 36.4 Å². The fraction of sp³-hybridized carbons (Fsp3) is 0.188. The van der Waals surface area contributed by atoms with Gasteiger partial charge in [0.2, 0.25) is 0 Å². The lowest BCUT2D eigenvalue weighted by Crippen LogP contribution is -2.04. The molecular weight excluding hydrogens is 289 g/mol. The van der Waals surface area contributed by atoms with Gasteiger partial charge in [0.25, 0.3) is 0 Å². The molecule has 0 atom stereocenters. The van der Waals surface area contributed by atoms with E-state index in [0.717, 1.165) is 11.6 Å². The number of methoxy groups -OCH3 is 2. The highest BCUT2D eigenvalue weighted by Gasteiger charge is 2.11. The summed E-state index contributed by atoms with van der Waals surface area (Å²) >= 11 is 0. The van der Waals surface area contributed by atoms with Gasteiger partial charge in [0.05, 0.1) is 19.8 Å².